The Morgan fingerprint density at radius 3 is 2.42 bits per heavy atom. The number of aryl methyl sites for hydroxylation is 2. The molecule has 122 valence electrons. The highest BCUT2D eigenvalue weighted by Crippen LogP contribution is 2.32. The maximum Gasteiger partial charge on any atom is 0.258 e. The normalized spacial score (nSPS) is 10.5. The van der Waals surface area contributed by atoms with E-state index in [0.29, 0.717) is 11.4 Å². The second-order valence-electron chi connectivity index (χ2n) is 5.34. The van der Waals surface area contributed by atoms with Gasteiger partial charge in [-0.15, -0.1) is 11.3 Å². The van der Waals surface area contributed by atoms with Crippen molar-refractivity contribution in [3.05, 3.63) is 75.7 Å². The Bertz CT molecular complexity index is 871. The number of anilines is 1. The number of nitrogens with one attached hydrogen (secondary N) is 1. The van der Waals surface area contributed by atoms with Crippen LogP contribution in [0.1, 0.15) is 20.1 Å². The Kier molecular flexibility index (Phi) is 4.62. The van der Waals surface area contributed by atoms with Crippen LogP contribution in [0.15, 0.2) is 54.6 Å². The number of amides is 1. The van der Waals surface area contributed by atoms with E-state index in [1.807, 2.05) is 19.9 Å². The van der Waals surface area contributed by atoms with Crippen molar-refractivity contribution in [1.82, 2.24) is 0 Å². The van der Waals surface area contributed by atoms with Gasteiger partial charge in [-0.25, -0.2) is 4.39 Å². The van der Waals surface area contributed by atoms with Crippen LogP contribution in [0.3, 0.4) is 0 Å². The van der Waals surface area contributed by atoms with Crippen LogP contribution in [-0.2, 0) is 0 Å². The molecule has 0 aliphatic rings. The van der Waals surface area contributed by atoms with Crippen LogP contribution < -0.4 is 10.1 Å². The van der Waals surface area contributed by atoms with Crippen molar-refractivity contribution in [2.24, 2.45) is 0 Å². The van der Waals surface area contributed by atoms with Gasteiger partial charge >= 0.3 is 0 Å². The average Bonchev–Trinajstić information content (AvgIpc) is 2.87. The van der Waals surface area contributed by atoms with Gasteiger partial charge in [-0.2, -0.15) is 0 Å². The van der Waals surface area contributed by atoms with E-state index >= 15 is 0 Å². The monoisotopic (exact) mass is 341 g/mol. The van der Waals surface area contributed by atoms with Gasteiger partial charge in [0.25, 0.3) is 5.91 Å². The summed E-state index contributed by atoms with van der Waals surface area (Å²) in [5, 5.41) is 2.67. The molecule has 2 aromatic carbocycles. The Morgan fingerprint density at radius 1 is 1.08 bits per heavy atom. The minimum Gasteiger partial charge on any atom is -0.456 e. The zero-order valence-electron chi connectivity index (χ0n) is 13.3. The van der Waals surface area contributed by atoms with Crippen LogP contribution in [0, 0.1) is 19.7 Å². The van der Waals surface area contributed by atoms with E-state index in [2.05, 4.69) is 5.32 Å². The number of rotatable bonds is 4. The van der Waals surface area contributed by atoms with Gasteiger partial charge < -0.3 is 10.1 Å². The van der Waals surface area contributed by atoms with E-state index in [0.717, 1.165) is 10.6 Å². The fraction of sp³-hybridized carbons (Fsp3) is 0.105. The highest BCUT2D eigenvalue weighted by molar-refractivity contribution is 7.12. The first kappa shape index (κ1) is 16.2. The summed E-state index contributed by atoms with van der Waals surface area (Å²) in [5.41, 5.74) is 0.594. The molecule has 3 aromatic rings. The topological polar surface area (TPSA) is 38.3 Å². The number of ether oxygens (including phenoxy) is 1. The quantitative estimate of drug-likeness (QED) is 0.676. The molecule has 1 amide bonds. The van der Waals surface area contributed by atoms with Crippen LogP contribution >= 0.6 is 11.3 Å². The van der Waals surface area contributed by atoms with Crippen LogP contribution in [0.25, 0.3) is 0 Å². The van der Waals surface area contributed by atoms with E-state index < -0.39 is 11.7 Å². The number of hydrogen-bond donors (Lipinski definition) is 1. The minimum absolute atomic E-state index is 0.0159. The Labute approximate surface area is 143 Å². The summed E-state index contributed by atoms with van der Waals surface area (Å²) in [4.78, 5) is 14.4. The summed E-state index contributed by atoms with van der Waals surface area (Å²) < 4.78 is 19.4. The van der Waals surface area contributed by atoms with Crippen LogP contribution in [-0.4, -0.2) is 5.91 Å². The first-order chi connectivity index (χ1) is 11.5. The number of benzene rings is 2. The molecule has 0 saturated heterocycles. The van der Waals surface area contributed by atoms with E-state index in [1.54, 1.807) is 47.7 Å². The van der Waals surface area contributed by atoms with Gasteiger partial charge in [-0.05, 0) is 56.3 Å². The summed E-state index contributed by atoms with van der Waals surface area (Å²) in [5.74, 6) is 0.491. The van der Waals surface area contributed by atoms with Gasteiger partial charge in [0.2, 0.25) is 0 Å². The van der Waals surface area contributed by atoms with E-state index in [4.69, 9.17) is 4.74 Å². The van der Waals surface area contributed by atoms with Gasteiger partial charge in [0, 0.05) is 15.4 Å². The lowest BCUT2D eigenvalue weighted by atomic mass is 10.2. The smallest absolute Gasteiger partial charge is 0.258 e. The zero-order valence-corrected chi connectivity index (χ0v) is 14.1. The Hall–Kier alpha value is -2.66. The summed E-state index contributed by atoms with van der Waals surface area (Å²) in [7, 11) is 0. The molecule has 0 aliphatic heterocycles. The van der Waals surface area contributed by atoms with Crippen molar-refractivity contribution in [2.75, 3.05) is 5.32 Å². The third-order valence-corrected chi connectivity index (χ3v) is 4.40. The molecule has 0 fully saturated rings. The Balaban J connectivity index is 1.70. The third-order valence-electron chi connectivity index (χ3n) is 3.45. The zero-order chi connectivity index (χ0) is 17.1. The van der Waals surface area contributed by atoms with E-state index in [-0.39, 0.29) is 5.56 Å². The fourth-order valence-corrected chi connectivity index (χ4v) is 3.14. The maximum atomic E-state index is 13.6. The van der Waals surface area contributed by atoms with Crippen molar-refractivity contribution in [3.63, 3.8) is 0 Å². The largest absolute Gasteiger partial charge is 0.456 e. The first-order valence-corrected chi connectivity index (χ1v) is 8.25. The van der Waals surface area contributed by atoms with Crippen molar-refractivity contribution in [2.45, 2.75) is 13.8 Å². The average molecular weight is 341 g/mol. The van der Waals surface area contributed by atoms with Crippen LogP contribution in [0.2, 0.25) is 0 Å². The van der Waals surface area contributed by atoms with Gasteiger partial charge in [0.05, 0.1) is 5.56 Å². The highest BCUT2D eigenvalue weighted by atomic mass is 32.1. The minimum atomic E-state index is -0.543. The molecule has 0 saturated carbocycles. The maximum absolute atomic E-state index is 13.6. The van der Waals surface area contributed by atoms with Crippen LogP contribution in [0.4, 0.5) is 10.1 Å². The molecular weight excluding hydrogens is 325 g/mol. The van der Waals surface area contributed by atoms with Crippen molar-refractivity contribution in [1.29, 1.82) is 0 Å². The second kappa shape index (κ2) is 6.84. The van der Waals surface area contributed by atoms with Crippen molar-refractivity contribution >= 4 is 22.9 Å². The SMILES string of the molecule is Cc1cc(Oc2ccc(NC(=O)c3ccccc3F)cc2)c(C)s1. The number of halogens is 1. The molecule has 0 aliphatic carbocycles. The number of carbonyl (C=O) groups is 1. The molecular formula is C19H16FNO2S. The lowest BCUT2D eigenvalue weighted by molar-refractivity contribution is 0.102. The van der Waals surface area contributed by atoms with Gasteiger partial charge in [-0.3, -0.25) is 4.79 Å². The third kappa shape index (κ3) is 3.63. The molecule has 24 heavy (non-hydrogen) atoms. The van der Waals surface area contributed by atoms with E-state index in [1.165, 1.54) is 17.0 Å². The molecule has 0 bridgehead atoms. The molecule has 1 N–H and O–H groups in total. The molecule has 3 rings (SSSR count). The summed E-state index contributed by atoms with van der Waals surface area (Å²) >= 11 is 1.68. The molecule has 1 aromatic heterocycles. The van der Waals surface area contributed by atoms with Gasteiger partial charge in [0.15, 0.2) is 0 Å². The molecule has 5 heteroatoms. The van der Waals surface area contributed by atoms with Crippen LogP contribution in [0.5, 0.6) is 11.5 Å². The van der Waals surface area contributed by atoms with Crippen molar-refractivity contribution < 1.29 is 13.9 Å². The van der Waals surface area contributed by atoms with E-state index in [9.17, 15) is 9.18 Å². The highest BCUT2D eigenvalue weighted by Gasteiger charge is 2.11. The predicted octanol–water partition coefficient (Wildman–Crippen LogP) is 5.55. The molecule has 3 nitrogen and oxygen atoms in total. The second-order valence-corrected chi connectivity index (χ2v) is 6.80. The van der Waals surface area contributed by atoms with Gasteiger partial charge in [0.1, 0.15) is 17.3 Å². The number of hydrogen-bond acceptors (Lipinski definition) is 3. The molecule has 0 unspecified atom stereocenters. The van der Waals surface area contributed by atoms with Gasteiger partial charge in [-0.1, -0.05) is 12.1 Å². The summed E-state index contributed by atoms with van der Waals surface area (Å²) in [6.45, 7) is 4.04. The molecule has 0 spiro atoms. The fourth-order valence-electron chi connectivity index (χ4n) is 2.29. The first-order valence-electron chi connectivity index (χ1n) is 7.44. The predicted molar refractivity (Wildman–Crippen MR) is 94.7 cm³/mol. The van der Waals surface area contributed by atoms with Crippen molar-refractivity contribution in [3.8, 4) is 11.5 Å². The number of thiophene rings is 1. The summed E-state index contributed by atoms with van der Waals surface area (Å²) in [6.07, 6.45) is 0. The molecule has 0 atom stereocenters. The lowest BCUT2D eigenvalue weighted by Gasteiger charge is -2.08. The Morgan fingerprint density at radius 2 is 1.79 bits per heavy atom. The summed E-state index contributed by atoms with van der Waals surface area (Å²) in [6, 6.07) is 14.9. The molecule has 1 heterocycles. The molecule has 0 radical (unpaired) electrons. The lowest BCUT2D eigenvalue weighted by Crippen LogP contribution is -2.13. The number of carbonyl (C=O) groups excluding carboxylic acids is 1. The standard InChI is InChI=1S/C19H16FNO2S/c1-12-11-18(13(2)24-12)23-15-9-7-14(8-10-15)21-19(22)16-5-3-4-6-17(16)20/h3-11H,1-2H3,(H,21,22).